The van der Waals surface area contributed by atoms with Crippen LogP contribution in [0.25, 0.3) is 0 Å². The van der Waals surface area contributed by atoms with Crippen molar-refractivity contribution in [3.05, 3.63) is 17.0 Å². The van der Waals surface area contributed by atoms with Crippen molar-refractivity contribution in [2.75, 3.05) is 18.1 Å². The van der Waals surface area contributed by atoms with Gasteiger partial charge in [0.15, 0.2) is 0 Å². The Bertz CT molecular complexity index is 429. The Labute approximate surface area is 111 Å². The molecule has 98 valence electrons. The third kappa shape index (κ3) is 4.97. The van der Waals surface area contributed by atoms with Gasteiger partial charge in [-0.2, -0.15) is 11.8 Å². The third-order valence-electron chi connectivity index (χ3n) is 2.09. The molecule has 1 rings (SSSR count). The lowest BCUT2D eigenvalue weighted by molar-refractivity contribution is 0.583. The molecule has 0 aliphatic carbocycles. The summed E-state index contributed by atoms with van der Waals surface area (Å²) in [5.41, 5.74) is 6.31. The van der Waals surface area contributed by atoms with Gasteiger partial charge >= 0.3 is 0 Å². The van der Waals surface area contributed by atoms with Gasteiger partial charge in [0.05, 0.1) is 0 Å². The minimum atomic E-state index is -3.33. The van der Waals surface area contributed by atoms with Crippen molar-refractivity contribution in [2.45, 2.75) is 24.1 Å². The highest BCUT2D eigenvalue weighted by atomic mass is 32.2. The molecule has 0 aliphatic heterocycles. The van der Waals surface area contributed by atoms with Crippen LogP contribution in [0.3, 0.4) is 0 Å². The van der Waals surface area contributed by atoms with Crippen molar-refractivity contribution >= 4 is 33.1 Å². The second-order valence-corrected chi connectivity index (χ2v) is 7.73. The van der Waals surface area contributed by atoms with E-state index in [1.807, 2.05) is 11.8 Å². The van der Waals surface area contributed by atoms with Crippen LogP contribution < -0.4 is 10.5 Å². The summed E-state index contributed by atoms with van der Waals surface area (Å²) in [4.78, 5) is 0. The van der Waals surface area contributed by atoms with Gasteiger partial charge in [0.25, 0.3) is 0 Å². The zero-order valence-corrected chi connectivity index (χ0v) is 12.3. The van der Waals surface area contributed by atoms with Crippen molar-refractivity contribution in [1.82, 2.24) is 4.72 Å². The van der Waals surface area contributed by atoms with Gasteiger partial charge in [0, 0.05) is 13.1 Å². The molecule has 0 saturated heterocycles. The molecule has 17 heavy (non-hydrogen) atoms. The van der Waals surface area contributed by atoms with Gasteiger partial charge in [-0.3, -0.25) is 0 Å². The van der Waals surface area contributed by atoms with E-state index < -0.39 is 10.0 Å². The highest BCUT2D eigenvalue weighted by Crippen LogP contribution is 2.19. The molecule has 0 radical (unpaired) electrons. The van der Waals surface area contributed by atoms with E-state index in [0.29, 0.717) is 17.3 Å². The van der Waals surface area contributed by atoms with Crippen molar-refractivity contribution < 1.29 is 8.42 Å². The smallest absolute Gasteiger partial charge is 0.250 e. The number of thiophene rings is 1. The highest BCUT2D eigenvalue weighted by Gasteiger charge is 2.15. The second-order valence-electron chi connectivity index (χ2n) is 3.43. The first-order chi connectivity index (χ1) is 8.10. The van der Waals surface area contributed by atoms with Crippen LogP contribution in [0.15, 0.2) is 15.7 Å². The van der Waals surface area contributed by atoms with Crippen LogP contribution in [0.5, 0.6) is 0 Å². The fraction of sp³-hybridized carbons (Fsp3) is 0.600. The van der Waals surface area contributed by atoms with Crippen LogP contribution in [0.1, 0.15) is 18.9 Å². The lowest BCUT2D eigenvalue weighted by Crippen LogP contribution is -2.24. The molecule has 0 amide bonds. The molecule has 0 fully saturated rings. The minimum Gasteiger partial charge on any atom is -0.326 e. The van der Waals surface area contributed by atoms with E-state index in [1.54, 1.807) is 11.4 Å². The lowest BCUT2D eigenvalue weighted by atomic mass is 10.4. The summed E-state index contributed by atoms with van der Waals surface area (Å²) in [7, 11) is -3.33. The molecule has 1 heterocycles. The standard InChI is InChI=1S/C10H18N2O2S3/c1-2-15-5-3-4-12-17(13,14)10-6-9(7-11)8-16-10/h6,8,12H,2-5,7,11H2,1H3. The Morgan fingerprint density at radius 1 is 1.53 bits per heavy atom. The number of nitrogens with two attached hydrogens (primary N) is 1. The largest absolute Gasteiger partial charge is 0.326 e. The van der Waals surface area contributed by atoms with E-state index in [2.05, 4.69) is 11.6 Å². The molecule has 4 nitrogen and oxygen atoms in total. The first-order valence-corrected chi connectivity index (χ1v) is 8.96. The number of hydrogen-bond acceptors (Lipinski definition) is 5. The average Bonchev–Trinajstić information content (AvgIpc) is 2.78. The SMILES string of the molecule is CCSCCCNS(=O)(=O)c1cc(CN)cs1. The Kier molecular flexibility index (Phi) is 6.50. The molecule has 1 aromatic heterocycles. The number of thioether (sulfide) groups is 1. The molecule has 0 atom stereocenters. The predicted octanol–water partition coefficient (Wildman–Crippen LogP) is 1.63. The maximum absolute atomic E-state index is 11.8. The van der Waals surface area contributed by atoms with E-state index in [1.165, 1.54) is 11.3 Å². The molecule has 3 N–H and O–H groups in total. The maximum atomic E-state index is 11.8. The van der Waals surface area contributed by atoms with Gasteiger partial charge in [-0.1, -0.05) is 6.92 Å². The van der Waals surface area contributed by atoms with E-state index in [-0.39, 0.29) is 0 Å². The Morgan fingerprint density at radius 2 is 2.29 bits per heavy atom. The number of rotatable bonds is 8. The third-order valence-corrected chi connectivity index (χ3v) is 6.03. The first kappa shape index (κ1) is 15.0. The van der Waals surface area contributed by atoms with Gasteiger partial charge in [-0.15, -0.1) is 11.3 Å². The lowest BCUT2D eigenvalue weighted by Gasteiger charge is -2.03. The summed E-state index contributed by atoms with van der Waals surface area (Å²) in [6, 6.07) is 1.63. The van der Waals surface area contributed by atoms with Gasteiger partial charge in [-0.05, 0) is 34.9 Å². The van der Waals surface area contributed by atoms with Crippen molar-refractivity contribution in [3.8, 4) is 0 Å². The predicted molar refractivity (Wildman–Crippen MR) is 75.0 cm³/mol. The van der Waals surface area contributed by atoms with Gasteiger partial charge in [-0.25, -0.2) is 13.1 Å². The normalized spacial score (nSPS) is 11.9. The number of nitrogens with one attached hydrogen (secondary N) is 1. The van der Waals surface area contributed by atoms with Crippen molar-refractivity contribution in [1.29, 1.82) is 0 Å². The Morgan fingerprint density at radius 3 is 2.88 bits per heavy atom. The van der Waals surface area contributed by atoms with Crippen LogP contribution in [0, 0.1) is 0 Å². The quantitative estimate of drug-likeness (QED) is 0.715. The zero-order chi connectivity index (χ0) is 12.7. The highest BCUT2D eigenvalue weighted by molar-refractivity contribution is 7.99. The van der Waals surface area contributed by atoms with E-state index >= 15 is 0 Å². The van der Waals surface area contributed by atoms with Crippen LogP contribution in [0.2, 0.25) is 0 Å². The molecule has 0 aromatic carbocycles. The van der Waals surface area contributed by atoms with Crippen molar-refractivity contribution in [3.63, 3.8) is 0 Å². The van der Waals surface area contributed by atoms with E-state index in [9.17, 15) is 8.42 Å². The average molecular weight is 294 g/mol. The molecular formula is C10H18N2O2S3. The van der Waals surface area contributed by atoms with Gasteiger partial charge in [0.1, 0.15) is 4.21 Å². The summed E-state index contributed by atoms with van der Waals surface area (Å²) in [5.74, 6) is 2.05. The summed E-state index contributed by atoms with van der Waals surface area (Å²) < 4.78 is 26.6. The fourth-order valence-electron chi connectivity index (χ4n) is 1.20. The van der Waals surface area contributed by atoms with Crippen LogP contribution in [-0.2, 0) is 16.6 Å². The number of sulfonamides is 1. The maximum Gasteiger partial charge on any atom is 0.250 e. The molecule has 7 heteroatoms. The minimum absolute atomic E-state index is 0.348. The molecule has 0 spiro atoms. The zero-order valence-electron chi connectivity index (χ0n) is 9.81. The molecule has 0 aliphatic rings. The summed E-state index contributed by atoms with van der Waals surface area (Å²) in [6.07, 6.45) is 0.854. The summed E-state index contributed by atoms with van der Waals surface area (Å²) in [5, 5.41) is 1.78. The second kappa shape index (κ2) is 7.38. The number of hydrogen-bond donors (Lipinski definition) is 2. The molecule has 1 aromatic rings. The van der Waals surface area contributed by atoms with Gasteiger partial charge in [0.2, 0.25) is 10.0 Å². The van der Waals surface area contributed by atoms with Gasteiger partial charge < -0.3 is 5.73 Å². The Balaban J connectivity index is 2.45. The topological polar surface area (TPSA) is 72.2 Å². The molecular weight excluding hydrogens is 276 g/mol. The first-order valence-electron chi connectivity index (χ1n) is 5.45. The van der Waals surface area contributed by atoms with Crippen LogP contribution >= 0.6 is 23.1 Å². The van der Waals surface area contributed by atoms with Crippen LogP contribution in [0.4, 0.5) is 0 Å². The van der Waals surface area contributed by atoms with Crippen molar-refractivity contribution in [2.24, 2.45) is 5.73 Å². The monoisotopic (exact) mass is 294 g/mol. The summed E-state index contributed by atoms with van der Waals surface area (Å²) in [6.45, 7) is 2.96. The molecule has 0 saturated carbocycles. The van der Waals surface area contributed by atoms with E-state index in [4.69, 9.17) is 5.73 Å². The summed E-state index contributed by atoms with van der Waals surface area (Å²) >= 11 is 3.03. The fourth-order valence-corrected chi connectivity index (χ4v) is 4.18. The molecule has 0 bridgehead atoms. The molecule has 0 unspecified atom stereocenters. The Hall–Kier alpha value is -0.0800. The van der Waals surface area contributed by atoms with Crippen LogP contribution in [-0.4, -0.2) is 26.5 Å². The van der Waals surface area contributed by atoms with E-state index in [0.717, 1.165) is 23.5 Å².